The van der Waals surface area contributed by atoms with Crippen LogP contribution in [0.5, 0.6) is 0 Å². The number of rotatable bonds is 3. The fraction of sp³-hybridized carbons (Fsp3) is 0.600. The Kier molecular flexibility index (Phi) is 3.06. The minimum absolute atomic E-state index is 0.768. The summed E-state index contributed by atoms with van der Waals surface area (Å²) < 4.78 is 1.25. The molecule has 1 aliphatic rings. The predicted octanol–water partition coefficient (Wildman–Crippen LogP) is 3.40. The van der Waals surface area contributed by atoms with Gasteiger partial charge in [-0.15, -0.1) is 11.3 Å². The second-order valence-corrected chi connectivity index (χ2v) is 5.70. The van der Waals surface area contributed by atoms with Gasteiger partial charge < -0.3 is 5.32 Å². The minimum atomic E-state index is 0.768. The van der Waals surface area contributed by atoms with Crippen LogP contribution in [0.4, 0.5) is 0 Å². The largest absolute Gasteiger partial charge is 0.309 e. The summed E-state index contributed by atoms with van der Waals surface area (Å²) in [5.74, 6) is 0.935. The van der Waals surface area contributed by atoms with Crippen LogP contribution in [-0.4, -0.2) is 6.04 Å². The van der Waals surface area contributed by atoms with E-state index in [2.05, 4.69) is 39.6 Å². The summed E-state index contributed by atoms with van der Waals surface area (Å²) in [5.41, 5.74) is 0. The zero-order valence-corrected chi connectivity index (χ0v) is 10.1. The van der Waals surface area contributed by atoms with Gasteiger partial charge in [0.05, 0.1) is 0 Å². The molecule has 2 rings (SSSR count). The third kappa shape index (κ3) is 2.33. The van der Waals surface area contributed by atoms with E-state index in [0.29, 0.717) is 0 Å². The normalized spacial score (nSPS) is 27.2. The van der Waals surface area contributed by atoms with Crippen molar-refractivity contribution in [3.05, 3.63) is 20.8 Å². The van der Waals surface area contributed by atoms with Gasteiger partial charge in [-0.1, -0.05) is 6.92 Å². The van der Waals surface area contributed by atoms with Crippen LogP contribution in [-0.2, 0) is 6.54 Å². The molecule has 72 valence electrons. The molecule has 1 aromatic heterocycles. The Morgan fingerprint density at radius 2 is 2.38 bits per heavy atom. The van der Waals surface area contributed by atoms with Crippen molar-refractivity contribution in [1.29, 1.82) is 0 Å². The molecule has 0 atom stereocenters. The summed E-state index contributed by atoms with van der Waals surface area (Å²) in [6, 6.07) is 2.88. The van der Waals surface area contributed by atoms with Gasteiger partial charge in [0.15, 0.2) is 0 Å². The molecule has 1 N–H and O–H groups in total. The first kappa shape index (κ1) is 9.69. The smallest absolute Gasteiger partial charge is 0.0327 e. The zero-order chi connectivity index (χ0) is 9.26. The molecule has 3 heteroatoms. The molecule has 0 spiro atoms. The summed E-state index contributed by atoms with van der Waals surface area (Å²) >= 11 is 5.36. The lowest BCUT2D eigenvalue weighted by atomic mass is 9.82. The van der Waals surface area contributed by atoms with E-state index in [1.807, 2.05) is 11.3 Å². The third-order valence-electron chi connectivity index (χ3n) is 2.62. The highest BCUT2D eigenvalue weighted by Crippen LogP contribution is 2.28. The van der Waals surface area contributed by atoms with Crippen molar-refractivity contribution in [3.63, 3.8) is 0 Å². The molecule has 0 unspecified atom stereocenters. The fourth-order valence-corrected chi connectivity index (χ4v) is 3.20. The molecule has 1 nitrogen and oxygen atoms in total. The molecule has 0 saturated heterocycles. The topological polar surface area (TPSA) is 12.0 Å². The van der Waals surface area contributed by atoms with Gasteiger partial charge in [0.2, 0.25) is 0 Å². The quantitative estimate of drug-likeness (QED) is 0.878. The fourth-order valence-electron chi connectivity index (χ4n) is 1.76. The van der Waals surface area contributed by atoms with Gasteiger partial charge in [-0.3, -0.25) is 0 Å². The van der Waals surface area contributed by atoms with Gasteiger partial charge in [0.25, 0.3) is 0 Å². The van der Waals surface area contributed by atoms with Crippen LogP contribution in [0, 0.1) is 5.92 Å². The second kappa shape index (κ2) is 4.11. The average Bonchev–Trinajstić information content (AvgIpc) is 2.43. The molecule has 0 bridgehead atoms. The number of thiophene rings is 1. The minimum Gasteiger partial charge on any atom is -0.309 e. The molecule has 1 saturated carbocycles. The summed E-state index contributed by atoms with van der Waals surface area (Å²) in [7, 11) is 0. The Labute approximate surface area is 91.7 Å². The van der Waals surface area contributed by atoms with Crippen molar-refractivity contribution >= 4 is 27.3 Å². The lowest BCUT2D eigenvalue weighted by Gasteiger charge is -2.33. The van der Waals surface area contributed by atoms with Crippen molar-refractivity contribution in [2.24, 2.45) is 5.92 Å². The van der Waals surface area contributed by atoms with Crippen LogP contribution in [0.25, 0.3) is 0 Å². The summed E-state index contributed by atoms with van der Waals surface area (Å²) in [5, 5.41) is 5.70. The first-order valence-electron chi connectivity index (χ1n) is 4.71. The van der Waals surface area contributed by atoms with Gasteiger partial charge in [0.1, 0.15) is 0 Å². The van der Waals surface area contributed by atoms with Gasteiger partial charge in [0, 0.05) is 21.9 Å². The molecule has 1 fully saturated rings. The number of nitrogens with one attached hydrogen (secondary N) is 1. The third-order valence-corrected chi connectivity index (χ3v) is 4.54. The summed E-state index contributed by atoms with van der Waals surface area (Å²) in [6.45, 7) is 3.34. The lowest BCUT2D eigenvalue weighted by Crippen LogP contribution is -2.39. The average molecular weight is 260 g/mol. The van der Waals surface area contributed by atoms with Gasteiger partial charge in [-0.25, -0.2) is 0 Å². The summed E-state index contributed by atoms with van der Waals surface area (Å²) in [6.07, 6.45) is 2.70. The van der Waals surface area contributed by atoms with Crippen molar-refractivity contribution in [2.75, 3.05) is 0 Å². The van der Waals surface area contributed by atoms with Crippen molar-refractivity contribution in [3.8, 4) is 0 Å². The maximum Gasteiger partial charge on any atom is 0.0327 e. The molecule has 1 aromatic rings. The highest BCUT2D eigenvalue weighted by Gasteiger charge is 2.24. The van der Waals surface area contributed by atoms with E-state index in [-0.39, 0.29) is 0 Å². The van der Waals surface area contributed by atoms with Crippen LogP contribution in [0.3, 0.4) is 0 Å². The second-order valence-electron chi connectivity index (χ2n) is 3.85. The van der Waals surface area contributed by atoms with E-state index in [1.165, 1.54) is 22.2 Å². The summed E-state index contributed by atoms with van der Waals surface area (Å²) in [4.78, 5) is 1.42. The maximum atomic E-state index is 3.57. The first-order chi connectivity index (χ1) is 6.25. The Balaban J connectivity index is 1.77. The van der Waals surface area contributed by atoms with E-state index in [9.17, 15) is 0 Å². The Bertz CT molecular complexity index is 278. The van der Waals surface area contributed by atoms with Crippen molar-refractivity contribution in [1.82, 2.24) is 5.32 Å². The van der Waals surface area contributed by atoms with Crippen LogP contribution < -0.4 is 5.32 Å². The van der Waals surface area contributed by atoms with Gasteiger partial charge in [-0.2, -0.15) is 0 Å². The molecule has 0 amide bonds. The molecule has 0 radical (unpaired) electrons. The number of halogens is 1. The Morgan fingerprint density at radius 1 is 1.62 bits per heavy atom. The number of hydrogen-bond donors (Lipinski definition) is 1. The molecular formula is C10H14BrNS. The Hall–Kier alpha value is 0.140. The van der Waals surface area contributed by atoms with Crippen molar-refractivity contribution < 1.29 is 0 Å². The maximum absolute atomic E-state index is 3.57. The van der Waals surface area contributed by atoms with Gasteiger partial charge in [-0.05, 0) is 46.1 Å². The highest BCUT2D eigenvalue weighted by atomic mass is 79.9. The number of hydrogen-bond acceptors (Lipinski definition) is 2. The lowest BCUT2D eigenvalue weighted by molar-refractivity contribution is 0.241. The van der Waals surface area contributed by atoms with E-state index in [4.69, 9.17) is 0 Å². The van der Waals surface area contributed by atoms with Gasteiger partial charge >= 0.3 is 0 Å². The molecule has 0 aromatic carbocycles. The van der Waals surface area contributed by atoms with E-state index >= 15 is 0 Å². The molecule has 1 heterocycles. The first-order valence-corrected chi connectivity index (χ1v) is 6.38. The van der Waals surface area contributed by atoms with E-state index in [0.717, 1.165) is 18.5 Å². The van der Waals surface area contributed by atoms with E-state index < -0.39 is 0 Å². The van der Waals surface area contributed by atoms with Crippen LogP contribution in [0.15, 0.2) is 15.9 Å². The molecule has 1 aliphatic carbocycles. The monoisotopic (exact) mass is 259 g/mol. The van der Waals surface area contributed by atoms with Crippen molar-refractivity contribution in [2.45, 2.75) is 32.4 Å². The molecular weight excluding hydrogens is 246 g/mol. The predicted molar refractivity (Wildman–Crippen MR) is 61.0 cm³/mol. The van der Waals surface area contributed by atoms with Crippen LogP contribution >= 0.6 is 27.3 Å². The molecule has 13 heavy (non-hydrogen) atoms. The molecule has 0 aliphatic heterocycles. The Morgan fingerprint density at radius 3 is 2.92 bits per heavy atom. The SMILES string of the molecule is CC1CC(NCc2sccc2Br)C1. The van der Waals surface area contributed by atoms with E-state index in [1.54, 1.807) is 0 Å². The highest BCUT2D eigenvalue weighted by molar-refractivity contribution is 9.10. The zero-order valence-electron chi connectivity index (χ0n) is 7.72. The van der Waals surface area contributed by atoms with Crippen LogP contribution in [0.1, 0.15) is 24.6 Å². The van der Waals surface area contributed by atoms with Crippen LogP contribution in [0.2, 0.25) is 0 Å². The standard InChI is InChI=1S/C10H14BrNS/c1-7-4-8(5-7)12-6-10-9(11)2-3-13-10/h2-3,7-8,12H,4-6H2,1H3.